The Hall–Kier alpha value is -1.62. The number of carboxylic acids is 2. The molecular weight excluding hydrogens is 222 g/mol. The summed E-state index contributed by atoms with van der Waals surface area (Å²) in [6.07, 6.45) is 1.17. The fourth-order valence-corrected chi connectivity index (χ4v) is 1.26. The van der Waals surface area contributed by atoms with Crippen molar-refractivity contribution >= 4 is 24.3 Å². The zero-order chi connectivity index (χ0) is 10.9. The predicted octanol–water partition coefficient (Wildman–Crippen LogP) is 1.52. The average molecular weight is 232 g/mol. The van der Waals surface area contributed by atoms with E-state index in [1.807, 2.05) is 0 Å². The largest absolute Gasteiger partial charge is 0.478 e. The van der Waals surface area contributed by atoms with Crippen molar-refractivity contribution in [3.63, 3.8) is 0 Å². The van der Waals surface area contributed by atoms with Crippen LogP contribution in [0.15, 0.2) is 6.20 Å². The first kappa shape index (κ1) is 13.4. The molecule has 0 saturated carbocycles. The number of aryl methyl sites for hydroxylation is 1. The molecule has 0 spiro atoms. The number of carbonyl (C=O) groups is 2. The van der Waals surface area contributed by atoms with Gasteiger partial charge in [0.25, 0.3) is 0 Å². The third kappa shape index (κ3) is 2.44. The van der Waals surface area contributed by atoms with Gasteiger partial charge in [-0.05, 0) is 19.4 Å². The molecule has 5 nitrogen and oxygen atoms in total. The van der Waals surface area contributed by atoms with Crippen LogP contribution < -0.4 is 0 Å². The van der Waals surface area contributed by atoms with Crippen LogP contribution in [0.3, 0.4) is 0 Å². The monoisotopic (exact) mass is 231 g/mol. The van der Waals surface area contributed by atoms with Gasteiger partial charge in [0.1, 0.15) is 0 Å². The Labute approximate surface area is 92.2 Å². The highest BCUT2D eigenvalue weighted by Gasteiger charge is 2.18. The molecule has 0 fully saturated rings. The van der Waals surface area contributed by atoms with E-state index in [1.165, 1.54) is 20.0 Å². The molecule has 1 aromatic heterocycles. The Morgan fingerprint density at radius 3 is 2.13 bits per heavy atom. The van der Waals surface area contributed by atoms with E-state index < -0.39 is 11.9 Å². The molecule has 0 amide bonds. The van der Waals surface area contributed by atoms with Crippen molar-refractivity contribution in [1.29, 1.82) is 0 Å². The number of nitrogens with zero attached hydrogens (tertiary/aromatic N) is 1. The lowest BCUT2D eigenvalue weighted by atomic mass is 10.0. The second-order valence-corrected chi connectivity index (χ2v) is 2.87. The summed E-state index contributed by atoms with van der Waals surface area (Å²) in [5, 5.41) is 17.5. The first-order chi connectivity index (χ1) is 6.45. The van der Waals surface area contributed by atoms with Gasteiger partial charge in [0, 0.05) is 6.20 Å². The Kier molecular flexibility index (Phi) is 4.23. The fourth-order valence-electron chi connectivity index (χ4n) is 1.26. The van der Waals surface area contributed by atoms with Gasteiger partial charge in [-0.3, -0.25) is 4.98 Å². The first-order valence-corrected chi connectivity index (χ1v) is 3.88. The highest BCUT2D eigenvalue weighted by atomic mass is 35.5. The van der Waals surface area contributed by atoms with Crippen LogP contribution >= 0.6 is 12.4 Å². The van der Waals surface area contributed by atoms with E-state index in [1.54, 1.807) is 0 Å². The van der Waals surface area contributed by atoms with E-state index in [9.17, 15) is 9.59 Å². The molecule has 0 radical (unpaired) electrons. The molecule has 1 aromatic rings. The maximum atomic E-state index is 10.8. The molecule has 15 heavy (non-hydrogen) atoms. The second kappa shape index (κ2) is 4.75. The molecular formula is C9H10ClNO4. The highest BCUT2D eigenvalue weighted by molar-refractivity contribution is 5.96. The van der Waals surface area contributed by atoms with Crippen molar-refractivity contribution in [2.75, 3.05) is 0 Å². The zero-order valence-corrected chi connectivity index (χ0v) is 8.96. The summed E-state index contributed by atoms with van der Waals surface area (Å²) in [4.78, 5) is 25.2. The minimum Gasteiger partial charge on any atom is -0.478 e. The summed E-state index contributed by atoms with van der Waals surface area (Å²) in [5.74, 6) is -2.33. The lowest BCUT2D eigenvalue weighted by molar-refractivity contribution is 0.0694. The smallest absolute Gasteiger partial charge is 0.337 e. The predicted molar refractivity (Wildman–Crippen MR) is 54.9 cm³/mol. The van der Waals surface area contributed by atoms with Crippen molar-refractivity contribution in [2.24, 2.45) is 0 Å². The van der Waals surface area contributed by atoms with Crippen LogP contribution in [0.4, 0.5) is 0 Å². The van der Waals surface area contributed by atoms with Crippen LogP contribution in [0.1, 0.15) is 32.0 Å². The van der Waals surface area contributed by atoms with Crippen LogP contribution in [-0.2, 0) is 0 Å². The quantitative estimate of drug-likeness (QED) is 0.806. The van der Waals surface area contributed by atoms with Gasteiger partial charge in [0.2, 0.25) is 0 Å². The number of hydrogen-bond acceptors (Lipinski definition) is 3. The van der Waals surface area contributed by atoms with Gasteiger partial charge >= 0.3 is 11.9 Å². The number of rotatable bonds is 2. The first-order valence-electron chi connectivity index (χ1n) is 3.88. The minimum absolute atomic E-state index is 0. The van der Waals surface area contributed by atoms with Crippen LogP contribution in [0, 0.1) is 13.8 Å². The third-order valence-electron chi connectivity index (χ3n) is 1.97. The van der Waals surface area contributed by atoms with E-state index >= 15 is 0 Å². The van der Waals surface area contributed by atoms with E-state index in [4.69, 9.17) is 10.2 Å². The fraction of sp³-hybridized carbons (Fsp3) is 0.222. The van der Waals surface area contributed by atoms with Crippen molar-refractivity contribution in [3.8, 4) is 0 Å². The number of halogens is 1. The summed E-state index contributed by atoms with van der Waals surface area (Å²) >= 11 is 0. The van der Waals surface area contributed by atoms with Gasteiger partial charge in [0.15, 0.2) is 0 Å². The molecule has 82 valence electrons. The van der Waals surface area contributed by atoms with Gasteiger partial charge in [-0.1, -0.05) is 0 Å². The van der Waals surface area contributed by atoms with E-state index in [2.05, 4.69) is 4.98 Å². The summed E-state index contributed by atoms with van der Waals surface area (Å²) in [6, 6.07) is 0. The van der Waals surface area contributed by atoms with Gasteiger partial charge in [-0.15, -0.1) is 12.4 Å². The van der Waals surface area contributed by atoms with Crippen molar-refractivity contribution in [1.82, 2.24) is 4.98 Å². The third-order valence-corrected chi connectivity index (χ3v) is 1.97. The number of aromatic nitrogens is 1. The molecule has 6 heteroatoms. The minimum atomic E-state index is -1.17. The van der Waals surface area contributed by atoms with Gasteiger partial charge in [-0.2, -0.15) is 0 Å². The average Bonchev–Trinajstić information content (AvgIpc) is 2.02. The van der Waals surface area contributed by atoms with Crippen LogP contribution in [-0.4, -0.2) is 27.1 Å². The summed E-state index contributed by atoms with van der Waals surface area (Å²) < 4.78 is 0. The summed E-state index contributed by atoms with van der Waals surface area (Å²) in [7, 11) is 0. The molecule has 0 aliphatic carbocycles. The molecule has 0 aliphatic rings. The van der Waals surface area contributed by atoms with Crippen molar-refractivity contribution in [3.05, 3.63) is 28.6 Å². The number of aromatic carboxylic acids is 2. The lowest BCUT2D eigenvalue weighted by Gasteiger charge is -2.06. The van der Waals surface area contributed by atoms with E-state index in [0.717, 1.165) is 0 Å². The van der Waals surface area contributed by atoms with Crippen LogP contribution in [0.2, 0.25) is 0 Å². The number of pyridine rings is 1. The molecule has 0 bridgehead atoms. The van der Waals surface area contributed by atoms with Crippen molar-refractivity contribution < 1.29 is 19.8 Å². The van der Waals surface area contributed by atoms with Crippen LogP contribution in [0.25, 0.3) is 0 Å². The summed E-state index contributed by atoms with van der Waals surface area (Å²) in [5.41, 5.74) is 0.440. The number of hydrogen-bond donors (Lipinski definition) is 2. The molecule has 0 aliphatic heterocycles. The van der Waals surface area contributed by atoms with Crippen LogP contribution in [0.5, 0.6) is 0 Å². The Balaban J connectivity index is 0.00000196. The molecule has 0 saturated heterocycles. The normalized spacial score (nSPS) is 9.20. The summed E-state index contributed by atoms with van der Waals surface area (Å²) in [6.45, 7) is 2.99. The van der Waals surface area contributed by atoms with Gasteiger partial charge in [0.05, 0.1) is 16.8 Å². The highest BCUT2D eigenvalue weighted by Crippen LogP contribution is 2.15. The topological polar surface area (TPSA) is 87.5 Å². The molecule has 2 N–H and O–H groups in total. The van der Waals surface area contributed by atoms with E-state index in [0.29, 0.717) is 5.69 Å². The Morgan fingerprint density at radius 2 is 1.73 bits per heavy atom. The van der Waals surface area contributed by atoms with Gasteiger partial charge < -0.3 is 10.2 Å². The zero-order valence-electron chi connectivity index (χ0n) is 8.14. The molecule has 1 heterocycles. The number of carboxylic acid groups (broad SMARTS) is 2. The standard InChI is InChI=1S/C9H9NO4.ClH/c1-4-6(8(11)12)3-10-5(2)7(4)9(13)14;/h3H,1-2H3,(H,11,12)(H,13,14);1H. The second-order valence-electron chi connectivity index (χ2n) is 2.87. The van der Waals surface area contributed by atoms with Crippen molar-refractivity contribution in [2.45, 2.75) is 13.8 Å². The molecule has 1 rings (SSSR count). The van der Waals surface area contributed by atoms with Gasteiger partial charge in [-0.25, -0.2) is 9.59 Å². The maximum Gasteiger partial charge on any atom is 0.337 e. The Bertz CT molecular complexity index is 417. The van der Waals surface area contributed by atoms with E-state index in [-0.39, 0.29) is 29.1 Å². The maximum absolute atomic E-state index is 10.8. The Morgan fingerprint density at radius 1 is 1.20 bits per heavy atom. The molecule has 0 unspecified atom stereocenters. The lowest BCUT2D eigenvalue weighted by Crippen LogP contribution is -2.10. The molecule has 0 aromatic carbocycles. The molecule has 0 atom stereocenters. The SMILES string of the molecule is Cc1ncc(C(=O)O)c(C)c1C(=O)O.Cl.